The van der Waals surface area contributed by atoms with E-state index in [4.69, 9.17) is 27.7 Å². The Labute approximate surface area is 105 Å². The Balaban J connectivity index is 2.61. The zero-order valence-corrected chi connectivity index (χ0v) is 9.77. The zero-order valence-electron chi connectivity index (χ0n) is 8.26. The van der Waals surface area contributed by atoms with Crippen molar-refractivity contribution in [3.63, 3.8) is 0 Å². The standard InChI is InChI=1S/C9H5Cl2N3O3/c10-4-7-12-9(17-13-7)8-5(11)2-1-3-6(8)14(15)16/h1-3H,4H2. The van der Waals surface area contributed by atoms with Crippen LogP contribution in [0.5, 0.6) is 0 Å². The summed E-state index contributed by atoms with van der Waals surface area (Å²) >= 11 is 11.4. The number of aromatic nitrogens is 2. The molecule has 0 radical (unpaired) electrons. The Bertz CT molecular complexity index is 570. The number of nitrogens with zero attached hydrogens (tertiary/aromatic N) is 3. The summed E-state index contributed by atoms with van der Waals surface area (Å²) in [6.07, 6.45) is 0. The molecule has 0 atom stereocenters. The molecule has 0 saturated heterocycles. The van der Waals surface area contributed by atoms with Crippen LogP contribution in [0.1, 0.15) is 5.82 Å². The van der Waals surface area contributed by atoms with E-state index in [2.05, 4.69) is 10.1 Å². The zero-order chi connectivity index (χ0) is 12.4. The van der Waals surface area contributed by atoms with Crippen molar-refractivity contribution in [3.05, 3.63) is 39.2 Å². The number of rotatable bonds is 3. The van der Waals surface area contributed by atoms with Gasteiger partial charge in [0.1, 0.15) is 5.56 Å². The lowest BCUT2D eigenvalue weighted by atomic mass is 10.2. The average Bonchev–Trinajstić information content (AvgIpc) is 2.76. The summed E-state index contributed by atoms with van der Waals surface area (Å²) in [5.74, 6) is 0.288. The average molecular weight is 274 g/mol. The van der Waals surface area contributed by atoms with Gasteiger partial charge < -0.3 is 4.52 Å². The number of alkyl halides is 1. The van der Waals surface area contributed by atoms with Crippen molar-refractivity contribution in [2.75, 3.05) is 0 Å². The quantitative estimate of drug-likeness (QED) is 0.488. The van der Waals surface area contributed by atoms with Crippen LogP contribution in [0.25, 0.3) is 11.5 Å². The second kappa shape index (κ2) is 4.68. The predicted molar refractivity (Wildman–Crippen MR) is 61.0 cm³/mol. The Morgan fingerprint density at radius 1 is 1.47 bits per heavy atom. The summed E-state index contributed by atoms with van der Waals surface area (Å²) in [5, 5.41) is 14.6. The molecule has 17 heavy (non-hydrogen) atoms. The lowest BCUT2D eigenvalue weighted by Crippen LogP contribution is -1.93. The van der Waals surface area contributed by atoms with E-state index in [0.29, 0.717) is 0 Å². The van der Waals surface area contributed by atoms with E-state index in [9.17, 15) is 10.1 Å². The molecular formula is C9H5Cl2N3O3. The third-order valence-electron chi connectivity index (χ3n) is 1.99. The van der Waals surface area contributed by atoms with Crippen molar-refractivity contribution >= 4 is 28.9 Å². The van der Waals surface area contributed by atoms with Crippen LogP contribution in [0, 0.1) is 10.1 Å². The van der Waals surface area contributed by atoms with Crippen LogP contribution >= 0.6 is 23.2 Å². The molecule has 0 aliphatic heterocycles. The van der Waals surface area contributed by atoms with E-state index >= 15 is 0 Å². The van der Waals surface area contributed by atoms with Gasteiger partial charge in [-0.25, -0.2) is 0 Å². The molecule has 0 bridgehead atoms. The second-order valence-electron chi connectivity index (χ2n) is 3.04. The van der Waals surface area contributed by atoms with Crippen LogP contribution in [0.2, 0.25) is 5.02 Å². The fourth-order valence-corrected chi connectivity index (χ4v) is 1.65. The fourth-order valence-electron chi connectivity index (χ4n) is 1.29. The number of nitro benzene ring substituents is 1. The van der Waals surface area contributed by atoms with Crippen molar-refractivity contribution in [2.45, 2.75) is 5.88 Å². The summed E-state index contributed by atoms with van der Waals surface area (Å²) in [6.45, 7) is 0. The first kappa shape index (κ1) is 11.8. The van der Waals surface area contributed by atoms with Crippen LogP contribution in [0.4, 0.5) is 5.69 Å². The molecule has 8 heteroatoms. The van der Waals surface area contributed by atoms with Gasteiger partial charge in [-0.05, 0) is 6.07 Å². The lowest BCUT2D eigenvalue weighted by molar-refractivity contribution is -0.384. The van der Waals surface area contributed by atoms with Crippen molar-refractivity contribution in [3.8, 4) is 11.5 Å². The van der Waals surface area contributed by atoms with Gasteiger partial charge >= 0.3 is 0 Å². The molecule has 1 aromatic carbocycles. The van der Waals surface area contributed by atoms with Gasteiger partial charge in [-0.2, -0.15) is 4.98 Å². The third kappa shape index (κ3) is 2.22. The number of nitro groups is 1. The normalized spacial score (nSPS) is 10.5. The monoisotopic (exact) mass is 273 g/mol. The molecule has 0 unspecified atom stereocenters. The topological polar surface area (TPSA) is 82.1 Å². The second-order valence-corrected chi connectivity index (χ2v) is 3.71. The highest BCUT2D eigenvalue weighted by Gasteiger charge is 2.23. The van der Waals surface area contributed by atoms with Gasteiger partial charge in [-0.1, -0.05) is 22.8 Å². The first-order valence-electron chi connectivity index (χ1n) is 4.45. The maximum atomic E-state index is 10.9. The molecule has 0 N–H and O–H groups in total. The molecule has 0 aliphatic rings. The Morgan fingerprint density at radius 2 is 2.24 bits per heavy atom. The molecule has 6 nitrogen and oxygen atoms in total. The highest BCUT2D eigenvalue weighted by atomic mass is 35.5. The van der Waals surface area contributed by atoms with E-state index < -0.39 is 4.92 Å². The first-order valence-corrected chi connectivity index (χ1v) is 5.36. The molecule has 0 amide bonds. The van der Waals surface area contributed by atoms with Gasteiger partial charge in [0.05, 0.1) is 15.8 Å². The maximum Gasteiger partial charge on any atom is 0.283 e. The minimum absolute atomic E-state index is 0.0158. The van der Waals surface area contributed by atoms with E-state index in [1.54, 1.807) is 0 Å². The molecule has 1 heterocycles. The van der Waals surface area contributed by atoms with Gasteiger partial charge in [0.25, 0.3) is 11.6 Å². The number of halogens is 2. The summed E-state index contributed by atoms with van der Waals surface area (Å²) in [4.78, 5) is 14.2. The lowest BCUT2D eigenvalue weighted by Gasteiger charge is -1.99. The largest absolute Gasteiger partial charge is 0.334 e. The van der Waals surface area contributed by atoms with Gasteiger partial charge in [0, 0.05) is 6.07 Å². The van der Waals surface area contributed by atoms with Crippen molar-refractivity contribution < 1.29 is 9.45 Å². The minimum atomic E-state index is -0.564. The number of hydrogen-bond donors (Lipinski definition) is 0. The minimum Gasteiger partial charge on any atom is -0.334 e. The van der Waals surface area contributed by atoms with E-state index in [1.807, 2.05) is 0 Å². The molecule has 2 rings (SSSR count). The van der Waals surface area contributed by atoms with E-state index in [-0.39, 0.29) is 33.9 Å². The van der Waals surface area contributed by atoms with Gasteiger partial charge in [0.2, 0.25) is 0 Å². The predicted octanol–water partition coefficient (Wildman–Crippen LogP) is 3.04. The molecule has 0 spiro atoms. The fraction of sp³-hybridized carbons (Fsp3) is 0.111. The third-order valence-corrected chi connectivity index (χ3v) is 2.54. The molecule has 0 aliphatic carbocycles. The highest BCUT2D eigenvalue weighted by Crippen LogP contribution is 2.35. The van der Waals surface area contributed by atoms with Crippen LogP contribution in [-0.2, 0) is 5.88 Å². The van der Waals surface area contributed by atoms with Crippen molar-refractivity contribution in [2.24, 2.45) is 0 Å². The SMILES string of the molecule is O=[N+]([O-])c1cccc(Cl)c1-c1nc(CCl)no1. The number of hydrogen-bond acceptors (Lipinski definition) is 5. The van der Waals surface area contributed by atoms with E-state index in [1.165, 1.54) is 18.2 Å². The Morgan fingerprint density at radius 3 is 2.82 bits per heavy atom. The van der Waals surface area contributed by atoms with Gasteiger partial charge in [-0.3, -0.25) is 10.1 Å². The molecule has 0 saturated carbocycles. The molecular weight excluding hydrogens is 269 g/mol. The van der Waals surface area contributed by atoms with Crippen LogP contribution in [-0.4, -0.2) is 15.1 Å². The van der Waals surface area contributed by atoms with Crippen LogP contribution in [0.15, 0.2) is 22.7 Å². The maximum absolute atomic E-state index is 10.9. The highest BCUT2D eigenvalue weighted by molar-refractivity contribution is 6.33. The summed E-state index contributed by atoms with van der Waals surface area (Å²) < 4.78 is 4.88. The van der Waals surface area contributed by atoms with E-state index in [0.717, 1.165) is 0 Å². The molecule has 2 aromatic rings. The molecule has 0 fully saturated rings. The number of benzene rings is 1. The Hall–Kier alpha value is -1.66. The first-order chi connectivity index (χ1) is 8.13. The van der Waals surface area contributed by atoms with Crippen molar-refractivity contribution in [1.82, 2.24) is 10.1 Å². The summed E-state index contributed by atoms with van der Waals surface area (Å²) in [5.41, 5.74) is -0.0923. The summed E-state index contributed by atoms with van der Waals surface area (Å²) in [6, 6.07) is 4.29. The van der Waals surface area contributed by atoms with Gasteiger partial charge in [-0.15, -0.1) is 11.6 Å². The Kier molecular flexibility index (Phi) is 3.26. The van der Waals surface area contributed by atoms with Crippen LogP contribution in [0.3, 0.4) is 0 Å². The smallest absolute Gasteiger partial charge is 0.283 e. The van der Waals surface area contributed by atoms with Crippen LogP contribution < -0.4 is 0 Å². The molecule has 88 valence electrons. The van der Waals surface area contributed by atoms with Crippen molar-refractivity contribution in [1.29, 1.82) is 0 Å². The van der Waals surface area contributed by atoms with Gasteiger partial charge in [0.15, 0.2) is 5.82 Å². The summed E-state index contributed by atoms with van der Waals surface area (Å²) in [7, 11) is 0. The molecule has 1 aromatic heterocycles.